The maximum absolute atomic E-state index is 12.9. The third-order valence-electron chi connectivity index (χ3n) is 4.93. The summed E-state index contributed by atoms with van der Waals surface area (Å²) >= 11 is 0. The molecule has 1 atom stereocenters. The van der Waals surface area contributed by atoms with E-state index in [1.165, 1.54) is 16.8 Å². The number of aryl methyl sites for hydroxylation is 1. The number of amides is 1. The molecule has 1 amide bonds. The maximum atomic E-state index is 12.9. The van der Waals surface area contributed by atoms with Crippen molar-refractivity contribution < 1.29 is 28.2 Å². The van der Waals surface area contributed by atoms with Gasteiger partial charge >= 0.3 is 6.18 Å². The zero-order chi connectivity index (χ0) is 22.3. The molecule has 4 rings (SSSR count). The Kier molecular flexibility index (Phi) is 5.15. The van der Waals surface area contributed by atoms with E-state index in [2.05, 4.69) is 15.6 Å². The maximum Gasteiger partial charge on any atom is 0.416 e. The van der Waals surface area contributed by atoms with Crippen molar-refractivity contribution in [2.45, 2.75) is 12.3 Å². The van der Waals surface area contributed by atoms with Gasteiger partial charge in [-0.3, -0.25) is 9.36 Å². The second-order valence-corrected chi connectivity index (χ2v) is 7.04. The molecule has 8 nitrogen and oxygen atoms in total. The summed E-state index contributed by atoms with van der Waals surface area (Å²) in [6.07, 6.45) is -5.51. The van der Waals surface area contributed by atoms with E-state index < -0.39 is 30.4 Å². The highest BCUT2D eigenvalue weighted by Gasteiger charge is 2.30. The lowest BCUT2D eigenvalue weighted by molar-refractivity contribution is -0.137. The van der Waals surface area contributed by atoms with E-state index in [0.29, 0.717) is 33.3 Å². The van der Waals surface area contributed by atoms with Crippen LogP contribution in [0.15, 0.2) is 42.5 Å². The van der Waals surface area contributed by atoms with E-state index >= 15 is 0 Å². The van der Waals surface area contributed by atoms with Crippen LogP contribution in [0.3, 0.4) is 0 Å². The lowest BCUT2D eigenvalue weighted by atomic mass is 10.1. The number of aliphatic hydroxyl groups excluding tert-OH is 2. The minimum atomic E-state index is -4.44. The van der Waals surface area contributed by atoms with Crippen LogP contribution >= 0.6 is 0 Å². The van der Waals surface area contributed by atoms with Gasteiger partial charge in [-0.25, -0.2) is 4.68 Å². The van der Waals surface area contributed by atoms with Gasteiger partial charge in [-0.2, -0.15) is 13.2 Å². The van der Waals surface area contributed by atoms with Gasteiger partial charge in [-0.05, 0) is 42.5 Å². The molecule has 0 saturated carbocycles. The quantitative estimate of drug-likeness (QED) is 0.447. The van der Waals surface area contributed by atoms with Crippen molar-refractivity contribution >= 4 is 28.0 Å². The van der Waals surface area contributed by atoms with Crippen molar-refractivity contribution in [2.75, 3.05) is 13.2 Å². The minimum Gasteiger partial charge on any atom is -0.394 e. The molecule has 31 heavy (non-hydrogen) atoms. The smallest absolute Gasteiger partial charge is 0.394 e. The number of alkyl halides is 3. The van der Waals surface area contributed by atoms with Crippen LogP contribution in [0.2, 0.25) is 0 Å². The molecule has 0 radical (unpaired) electrons. The number of hydrogen-bond acceptors (Lipinski definition) is 5. The molecule has 162 valence electrons. The van der Waals surface area contributed by atoms with E-state index in [-0.39, 0.29) is 6.54 Å². The lowest BCUT2D eigenvalue weighted by Gasteiger charge is -2.11. The number of hydrogen-bond donors (Lipinski definition) is 3. The van der Waals surface area contributed by atoms with Crippen LogP contribution < -0.4 is 5.32 Å². The van der Waals surface area contributed by atoms with E-state index in [4.69, 9.17) is 5.11 Å². The summed E-state index contributed by atoms with van der Waals surface area (Å²) in [6, 6.07) is 9.59. The highest BCUT2D eigenvalue weighted by molar-refractivity contribution is 6.09. The molecule has 0 aliphatic heterocycles. The van der Waals surface area contributed by atoms with Crippen molar-refractivity contribution in [1.29, 1.82) is 0 Å². The third-order valence-corrected chi connectivity index (χ3v) is 4.93. The van der Waals surface area contributed by atoms with Gasteiger partial charge in [0.15, 0.2) is 5.65 Å². The molecule has 0 saturated heterocycles. The molecule has 0 aliphatic rings. The summed E-state index contributed by atoms with van der Waals surface area (Å²) in [7, 11) is 1.67. The first-order chi connectivity index (χ1) is 14.7. The van der Waals surface area contributed by atoms with Crippen LogP contribution in [-0.2, 0) is 13.2 Å². The van der Waals surface area contributed by atoms with Crippen LogP contribution in [0.25, 0.3) is 27.8 Å². The minimum absolute atomic E-state index is 0.111. The number of carbonyl (C=O) groups is 1. The first-order valence-electron chi connectivity index (χ1n) is 9.29. The predicted molar refractivity (Wildman–Crippen MR) is 106 cm³/mol. The van der Waals surface area contributed by atoms with E-state index in [1.807, 2.05) is 0 Å². The van der Waals surface area contributed by atoms with Crippen molar-refractivity contribution in [1.82, 2.24) is 24.9 Å². The Hall–Kier alpha value is -3.44. The average Bonchev–Trinajstić information content (AvgIpc) is 3.28. The number of nitrogens with one attached hydrogen (secondary N) is 1. The highest BCUT2D eigenvalue weighted by atomic mass is 19.4. The van der Waals surface area contributed by atoms with Gasteiger partial charge in [0.25, 0.3) is 5.91 Å². The molecular weight excluding hydrogens is 415 g/mol. The SMILES string of the molecule is Cn1nnc2c3cc(C(=O)NCC(O)CO)ccc3n(-c3ccc(C(F)(F)F)cc3)c21. The standard InChI is InChI=1S/C20H18F3N5O3/c1-27-19-17(25-26-27)15-8-11(18(31)24-9-14(30)10-29)2-7-16(15)28(19)13-5-3-12(4-6-13)20(21,22)23/h2-8,14,29-30H,9-10H2,1H3,(H,24,31). The summed E-state index contributed by atoms with van der Waals surface area (Å²) in [6.45, 7) is -0.587. The molecule has 11 heteroatoms. The Morgan fingerprint density at radius 3 is 2.55 bits per heavy atom. The van der Waals surface area contributed by atoms with Crippen molar-refractivity contribution in [2.24, 2.45) is 7.05 Å². The summed E-state index contributed by atoms with van der Waals surface area (Å²) in [5.41, 5.74) is 1.72. The fourth-order valence-corrected chi connectivity index (χ4v) is 3.39. The molecule has 2 aromatic carbocycles. The average molecular weight is 433 g/mol. The first-order valence-corrected chi connectivity index (χ1v) is 9.29. The predicted octanol–water partition coefficient (Wildman–Crippen LogP) is 2.01. The summed E-state index contributed by atoms with van der Waals surface area (Å²) in [4.78, 5) is 12.4. The largest absolute Gasteiger partial charge is 0.416 e. The number of aliphatic hydroxyl groups is 2. The zero-order valence-electron chi connectivity index (χ0n) is 16.3. The molecule has 2 aromatic heterocycles. The zero-order valence-corrected chi connectivity index (χ0v) is 16.3. The van der Waals surface area contributed by atoms with Gasteiger partial charge in [0.05, 0.1) is 23.8 Å². The molecule has 2 heterocycles. The van der Waals surface area contributed by atoms with Gasteiger partial charge in [-0.15, -0.1) is 5.10 Å². The van der Waals surface area contributed by atoms with Gasteiger partial charge in [0.2, 0.25) is 0 Å². The molecule has 0 bridgehead atoms. The molecule has 4 aromatic rings. The second kappa shape index (κ2) is 7.67. The molecule has 0 spiro atoms. The number of fused-ring (bicyclic) bond motifs is 3. The molecular formula is C20H18F3N5O3. The third kappa shape index (κ3) is 3.73. The Morgan fingerprint density at radius 2 is 1.90 bits per heavy atom. The van der Waals surface area contributed by atoms with Crippen LogP contribution in [0, 0.1) is 0 Å². The lowest BCUT2D eigenvalue weighted by Crippen LogP contribution is -2.33. The van der Waals surface area contributed by atoms with Crippen molar-refractivity contribution in [3.05, 3.63) is 53.6 Å². The fourth-order valence-electron chi connectivity index (χ4n) is 3.39. The van der Waals surface area contributed by atoms with Crippen LogP contribution in [0.1, 0.15) is 15.9 Å². The molecule has 3 N–H and O–H groups in total. The monoisotopic (exact) mass is 433 g/mol. The topological polar surface area (TPSA) is 105 Å². The Morgan fingerprint density at radius 1 is 1.19 bits per heavy atom. The first kappa shape index (κ1) is 20.8. The highest BCUT2D eigenvalue weighted by Crippen LogP contribution is 2.33. The van der Waals surface area contributed by atoms with Gasteiger partial charge in [0.1, 0.15) is 5.52 Å². The van der Waals surface area contributed by atoms with Crippen LogP contribution in [0.4, 0.5) is 13.2 Å². The summed E-state index contributed by atoms with van der Waals surface area (Å²) < 4.78 is 42.0. The summed E-state index contributed by atoms with van der Waals surface area (Å²) in [5.74, 6) is -0.450. The van der Waals surface area contributed by atoms with Gasteiger partial charge < -0.3 is 15.5 Å². The van der Waals surface area contributed by atoms with E-state index in [0.717, 1.165) is 12.1 Å². The van der Waals surface area contributed by atoms with Gasteiger partial charge in [0, 0.05) is 30.2 Å². The number of benzene rings is 2. The van der Waals surface area contributed by atoms with Gasteiger partial charge in [-0.1, -0.05) is 5.21 Å². The van der Waals surface area contributed by atoms with Crippen molar-refractivity contribution in [3.8, 4) is 5.69 Å². The normalized spacial score (nSPS) is 13.1. The fraction of sp³-hybridized carbons (Fsp3) is 0.250. The number of halogens is 3. The molecule has 0 aliphatic carbocycles. The number of carbonyl (C=O) groups excluding carboxylic acids is 1. The number of aromatic nitrogens is 4. The van der Waals surface area contributed by atoms with Crippen molar-refractivity contribution in [3.63, 3.8) is 0 Å². The van der Waals surface area contributed by atoms with E-state index in [9.17, 15) is 23.1 Å². The molecule has 1 unspecified atom stereocenters. The van der Waals surface area contributed by atoms with E-state index in [1.54, 1.807) is 29.8 Å². The Labute approximate surface area is 173 Å². The Balaban J connectivity index is 1.81. The molecule has 0 fully saturated rings. The second-order valence-electron chi connectivity index (χ2n) is 7.04. The van der Waals surface area contributed by atoms with Crippen LogP contribution in [0.5, 0.6) is 0 Å². The van der Waals surface area contributed by atoms with Crippen LogP contribution in [-0.4, -0.2) is 54.9 Å². The number of rotatable bonds is 5. The number of nitrogens with zero attached hydrogens (tertiary/aromatic N) is 4. The Bertz CT molecular complexity index is 1260. The summed E-state index contributed by atoms with van der Waals surface area (Å²) in [5, 5.41) is 29.5.